The number of carbonyl (C=O) groups excluding carboxylic acids is 1. The lowest BCUT2D eigenvalue weighted by molar-refractivity contribution is 0.0992. The summed E-state index contributed by atoms with van der Waals surface area (Å²) >= 11 is 0. The van der Waals surface area contributed by atoms with Crippen LogP contribution in [-0.2, 0) is 13.5 Å². The number of hydrogen-bond donors (Lipinski definition) is 1. The second-order valence-corrected chi connectivity index (χ2v) is 8.29. The Kier molecular flexibility index (Phi) is 5.36. The molecule has 0 unspecified atom stereocenters. The van der Waals surface area contributed by atoms with Crippen molar-refractivity contribution in [3.05, 3.63) is 66.4 Å². The maximum absolute atomic E-state index is 13.0. The van der Waals surface area contributed by atoms with Gasteiger partial charge in [0.1, 0.15) is 5.82 Å². The first kappa shape index (κ1) is 20.3. The monoisotopic (exact) mass is 427 g/mol. The van der Waals surface area contributed by atoms with Crippen LogP contribution >= 0.6 is 0 Å². The van der Waals surface area contributed by atoms with Crippen LogP contribution in [0.15, 0.2) is 55.1 Å². The number of anilines is 1. The van der Waals surface area contributed by atoms with Crippen molar-refractivity contribution in [2.24, 2.45) is 12.8 Å². The molecule has 5 heterocycles. The zero-order chi connectivity index (χ0) is 22.1. The molecule has 5 rings (SSSR count). The first-order valence-electron chi connectivity index (χ1n) is 10.8. The predicted octanol–water partition coefficient (Wildman–Crippen LogP) is 2.78. The molecule has 0 amide bonds. The molecule has 2 N–H and O–H groups in total. The zero-order valence-electron chi connectivity index (χ0n) is 18.0. The Morgan fingerprint density at radius 3 is 2.75 bits per heavy atom. The van der Waals surface area contributed by atoms with Gasteiger partial charge in [0.15, 0.2) is 5.78 Å². The minimum atomic E-state index is 0.0117. The summed E-state index contributed by atoms with van der Waals surface area (Å²) in [6.07, 6.45) is 9.28. The van der Waals surface area contributed by atoms with E-state index in [2.05, 4.69) is 20.0 Å². The number of carbonyl (C=O) groups is 1. The third-order valence-corrected chi connectivity index (χ3v) is 5.90. The summed E-state index contributed by atoms with van der Waals surface area (Å²) < 4.78 is 1.75. The molecule has 0 aliphatic carbocycles. The molecule has 0 aromatic carbocycles. The van der Waals surface area contributed by atoms with Gasteiger partial charge < -0.3 is 10.6 Å². The first-order valence-corrected chi connectivity index (χ1v) is 10.8. The van der Waals surface area contributed by atoms with E-state index in [4.69, 9.17) is 10.7 Å². The van der Waals surface area contributed by atoms with Gasteiger partial charge in [-0.2, -0.15) is 5.10 Å². The van der Waals surface area contributed by atoms with Gasteiger partial charge in [-0.1, -0.05) is 0 Å². The highest BCUT2D eigenvalue weighted by Gasteiger charge is 2.18. The standard InChI is InChI=1S/C24H25N7O/c1-30-15-18(14-28-30)21-3-2-17-13-27-20(11-22(17)29-21)12-23(32)16-4-7-26-24(10-16)31-8-5-19(25)6-9-31/h2-4,7,10-11,13-15,19H,5-6,8-9,12,25H2,1H3. The fourth-order valence-corrected chi connectivity index (χ4v) is 4.03. The van der Waals surface area contributed by atoms with Gasteiger partial charge in [0.25, 0.3) is 0 Å². The Bertz CT molecular complexity index is 1270. The highest BCUT2D eigenvalue weighted by atomic mass is 16.1. The molecule has 1 fully saturated rings. The van der Waals surface area contributed by atoms with Crippen LogP contribution in [0.1, 0.15) is 28.9 Å². The SMILES string of the molecule is Cn1cc(-c2ccc3cnc(CC(=O)c4ccnc(N5CCC(N)CC5)c4)cc3n2)cn1. The van der Waals surface area contributed by atoms with Gasteiger partial charge in [0, 0.05) is 61.3 Å². The van der Waals surface area contributed by atoms with Crippen LogP contribution in [0.2, 0.25) is 0 Å². The van der Waals surface area contributed by atoms with Gasteiger partial charge in [-0.3, -0.25) is 14.5 Å². The van der Waals surface area contributed by atoms with E-state index in [1.165, 1.54) is 0 Å². The first-order chi connectivity index (χ1) is 15.5. The zero-order valence-corrected chi connectivity index (χ0v) is 18.0. The van der Waals surface area contributed by atoms with E-state index in [1.54, 1.807) is 29.3 Å². The van der Waals surface area contributed by atoms with Crippen molar-refractivity contribution in [2.75, 3.05) is 18.0 Å². The number of hydrogen-bond acceptors (Lipinski definition) is 7. The summed E-state index contributed by atoms with van der Waals surface area (Å²) in [4.78, 5) is 28.9. The number of ketones is 1. The van der Waals surface area contributed by atoms with Crippen molar-refractivity contribution in [1.82, 2.24) is 24.7 Å². The van der Waals surface area contributed by atoms with Crippen molar-refractivity contribution in [3.8, 4) is 11.3 Å². The molecule has 0 saturated carbocycles. The van der Waals surface area contributed by atoms with Crippen LogP contribution in [0.4, 0.5) is 5.82 Å². The second kappa shape index (κ2) is 8.47. The van der Waals surface area contributed by atoms with Crippen molar-refractivity contribution in [3.63, 3.8) is 0 Å². The molecule has 8 nitrogen and oxygen atoms in total. The average molecular weight is 428 g/mol. The van der Waals surface area contributed by atoms with Crippen molar-refractivity contribution < 1.29 is 4.79 Å². The third-order valence-electron chi connectivity index (χ3n) is 5.90. The number of rotatable bonds is 5. The summed E-state index contributed by atoms with van der Waals surface area (Å²) in [6.45, 7) is 1.73. The molecule has 1 aliphatic rings. The maximum Gasteiger partial charge on any atom is 0.169 e. The third kappa shape index (κ3) is 4.22. The number of nitrogens with two attached hydrogens (primary N) is 1. The van der Waals surface area contributed by atoms with Gasteiger partial charge >= 0.3 is 0 Å². The molecular weight excluding hydrogens is 402 g/mol. The van der Waals surface area contributed by atoms with E-state index in [0.717, 1.165) is 53.9 Å². The minimum Gasteiger partial charge on any atom is -0.356 e. The summed E-state index contributed by atoms with van der Waals surface area (Å²) in [5, 5.41) is 5.15. The minimum absolute atomic E-state index is 0.0117. The smallest absolute Gasteiger partial charge is 0.169 e. The number of piperidine rings is 1. The Morgan fingerprint density at radius 2 is 1.97 bits per heavy atom. The average Bonchev–Trinajstić information content (AvgIpc) is 3.25. The number of aryl methyl sites for hydroxylation is 1. The van der Waals surface area contributed by atoms with Gasteiger partial charge in [-0.25, -0.2) is 9.97 Å². The van der Waals surface area contributed by atoms with Crippen LogP contribution in [0, 0.1) is 0 Å². The molecule has 1 saturated heterocycles. The van der Waals surface area contributed by atoms with Crippen LogP contribution in [0.25, 0.3) is 22.2 Å². The molecule has 0 atom stereocenters. The molecule has 1 aliphatic heterocycles. The summed E-state index contributed by atoms with van der Waals surface area (Å²) in [6, 6.07) is 9.73. The quantitative estimate of drug-likeness (QED) is 0.489. The fourth-order valence-electron chi connectivity index (χ4n) is 4.03. The lowest BCUT2D eigenvalue weighted by Crippen LogP contribution is -2.40. The lowest BCUT2D eigenvalue weighted by Gasteiger charge is -2.31. The number of nitrogens with zero attached hydrogens (tertiary/aromatic N) is 6. The predicted molar refractivity (Wildman–Crippen MR) is 123 cm³/mol. The molecule has 0 radical (unpaired) electrons. The van der Waals surface area contributed by atoms with Crippen LogP contribution in [0.5, 0.6) is 0 Å². The Balaban J connectivity index is 1.36. The second-order valence-electron chi connectivity index (χ2n) is 8.29. The highest BCUT2D eigenvalue weighted by Crippen LogP contribution is 2.22. The number of aromatic nitrogens is 5. The Morgan fingerprint density at radius 1 is 1.12 bits per heavy atom. The molecule has 162 valence electrons. The number of pyridine rings is 3. The van der Waals surface area contributed by atoms with E-state index in [-0.39, 0.29) is 18.2 Å². The van der Waals surface area contributed by atoms with Crippen molar-refractivity contribution in [1.29, 1.82) is 0 Å². The van der Waals surface area contributed by atoms with Crippen molar-refractivity contribution >= 4 is 22.5 Å². The van der Waals surface area contributed by atoms with Crippen LogP contribution in [-0.4, -0.2) is 49.6 Å². The summed E-state index contributed by atoms with van der Waals surface area (Å²) in [5.74, 6) is 0.842. The number of Topliss-reactive ketones (excluding diaryl/α,β-unsaturated/α-hetero) is 1. The van der Waals surface area contributed by atoms with Gasteiger partial charge in [-0.15, -0.1) is 0 Å². The normalized spacial score (nSPS) is 14.8. The Hall–Kier alpha value is -3.65. The van der Waals surface area contributed by atoms with E-state index < -0.39 is 0 Å². The molecule has 8 heteroatoms. The summed E-state index contributed by atoms with van der Waals surface area (Å²) in [5.41, 5.74) is 9.94. The molecule has 0 spiro atoms. The largest absolute Gasteiger partial charge is 0.356 e. The lowest BCUT2D eigenvalue weighted by atomic mass is 10.0. The Labute approximate surface area is 186 Å². The van der Waals surface area contributed by atoms with E-state index >= 15 is 0 Å². The number of fused-ring (bicyclic) bond motifs is 1. The van der Waals surface area contributed by atoms with Gasteiger partial charge in [0.05, 0.1) is 29.5 Å². The summed E-state index contributed by atoms with van der Waals surface area (Å²) in [7, 11) is 1.88. The van der Waals surface area contributed by atoms with Gasteiger partial charge in [0.2, 0.25) is 0 Å². The molecule has 0 bridgehead atoms. The van der Waals surface area contributed by atoms with Crippen LogP contribution in [0.3, 0.4) is 0 Å². The molecule has 32 heavy (non-hydrogen) atoms. The van der Waals surface area contributed by atoms with E-state index in [0.29, 0.717) is 11.3 Å². The topological polar surface area (TPSA) is 103 Å². The highest BCUT2D eigenvalue weighted by molar-refractivity contribution is 5.98. The molecular formula is C24H25N7O. The van der Waals surface area contributed by atoms with E-state index in [9.17, 15) is 4.79 Å². The maximum atomic E-state index is 13.0. The van der Waals surface area contributed by atoms with E-state index in [1.807, 2.05) is 37.5 Å². The van der Waals surface area contributed by atoms with Crippen molar-refractivity contribution in [2.45, 2.75) is 25.3 Å². The van der Waals surface area contributed by atoms with Gasteiger partial charge in [-0.05, 0) is 43.2 Å². The molecule has 4 aromatic rings. The fraction of sp³-hybridized carbons (Fsp3) is 0.292. The molecule has 4 aromatic heterocycles. The van der Waals surface area contributed by atoms with Crippen LogP contribution < -0.4 is 10.6 Å².